The number of nitrogens with one attached hydrogen (secondary N) is 1. The molecule has 2 heteroatoms. The van der Waals surface area contributed by atoms with E-state index in [1.54, 1.807) is 12.2 Å². The Kier molecular flexibility index (Phi) is 6.07. The van der Waals surface area contributed by atoms with Crippen molar-refractivity contribution in [2.24, 2.45) is 0 Å². The summed E-state index contributed by atoms with van der Waals surface area (Å²) in [4.78, 5) is 11.1. The molecule has 1 amide bonds. The molecule has 0 bridgehead atoms. The molecule has 0 fully saturated rings. The Morgan fingerprint density at radius 1 is 1.58 bits per heavy atom. The molecule has 2 nitrogen and oxygen atoms in total. The van der Waals surface area contributed by atoms with E-state index in [-0.39, 0.29) is 5.91 Å². The van der Waals surface area contributed by atoms with Gasteiger partial charge in [0.05, 0.1) is 0 Å². The van der Waals surface area contributed by atoms with Gasteiger partial charge in [-0.2, -0.15) is 0 Å². The lowest BCUT2D eigenvalue weighted by Gasteiger charge is -1.99. The van der Waals surface area contributed by atoms with Crippen LogP contribution in [0.4, 0.5) is 0 Å². The first-order valence-corrected chi connectivity index (χ1v) is 4.26. The number of hydrogen-bond acceptors (Lipinski definition) is 1. The zero-order valence-electron chi connectivity index (χ0n) is 7.89. The van der Waals surface area contributed by atoms with Gasteiger partial charge < -0.3 is 5.32 Å². The zero-order valence-corrected chi connectivity index (χ0v) is 7.89. The first-order chi connectivity index (χ1) is 5.70. The van der Waals surface area contributed by atoms with E-state index < -0.39 is 0 Å². The summed E-state index contributed by atoms with van der Waals surface area (Å²) in [6.45, 7) is 8.11. The smallest absolute Gasteiger partial charge is 0.244 e. The Labute approximate surface area is 74.4 Å². The van der Waals surface area contributed by atoms with Crippen molar-refractivity contribution in [3.8, 4) is 0 Å². The number of allylic oxidation sites excluding steroid dienone is 1. The Balaban J connectivity index is 3.78. The van der Waals surface area contributed by atoms with Crippen molar-refractivity contribution < 1.29 is 4.79 Å². The minimum absolute atomic E-state index is 0.0270. The minimum atomic E-state index is -0.0270. The van der Waals surface area contributed by atoms with Gasteiger partial charge in [0, 0.05) is 12.6 Å². The lowest BCUT2D eigenvalue weighted by atomic mass is 10.1. The van der Waals surface area contributed by atoms with Crippen LogP contribution in [-0.4, -0.2) is 12.5 Å². The molecule has 68 valence electrons. The molecule has 0 heterocycles. The molecule has 0 aromatic rings. The molecule has 0 aromatic heterocycles. The van der Waals surface area contributed by atoms with Crippen molar-refractivity contribution >= 4 is 5.91 Å². The van der Waals surface area contributed by atoms with Crippen LogP contribution in [0.25, 0.3) is 0 Å². The predicted octanol–water partition coefficient (Wildman–Crippen LogP) is 2.04. The van der Waals surface area contributed by atoms with Crippen molar-refractivity contribution in [1.82, 2.24) is 5.32 Å². The van der Waals surface area contributed by atoms with E-state index >= 15 is 0 Å². The second kappa shape index (κ2) is 6.65. The van der Waals surface area contributed by atoms with E-state index in [1.165, 1.54) is 0 Å². The summed E-state index contributed by atoms with van der Waals surface area (Å²) >= 11 is 0. The van der Waals surface area contributed by atoms with Gasteiger partial charge in [-0.3, -0.25) is 4.79 Å². The summed E-state index contributed by atoms with van der Waals surface area (Å²) in [6, 6.07) is 0. The summed E-state index contributed by atoms with van der Waals surface area (Å²) in [7, 11) is 0. The third-order valence-corrected chi connectivity index (χ3v) is 1.44. The third kappa shape index (κ3) is 5.71. The van der Waals surface area contributed by atoms with Gasteiger partial charge in [-0.25, -0.2) is 0 Å². The Bertz CT molecular complexity index is 182. The normalized spacial score (nSPS) is 11.0. The number of amides is 1. The fourth-order valence-corrected chi connectivity index (χ4v) is 0.914. The van der Waals surface area contributed by atoms with Crippen LogP contribution in [0.1, 0.15) is 26.7 Å². The minimum Gasteiger partial charge on any atom is -0.349 e. The summed E-state index contributed by atoms with van der Waals surface area (Å²) in [6.07, 6.45) is 5.38. The largest absolute Gasteiger partial charge is 0.349 e. The molecule has 0 atom stereocenters. The standard InChI is InChI=1S/C10H17NO/c1-4-6-9(3)8-10(12)11-7-5-2/h5,8H,2,4,6-7H2,1,3H3,(H,11,12)/b9-8+. The second-order valence-electron chi connectivity index (χ2n) is 2.77. The van der Waals surface area contributed by atoms with Crippen LogP contribution in [0.5, 0.6) is 0 Å². The molecular formula is C10H17NO. The lowest BCUT2D eigenvalue weighted by molar-refractivity contribution is -0.116. The summed E-state index contributed by atoms with van der Waals surface area (Å²) in [5.41, 5.74) is 1.12. The van der Waals surface area contributed by atoms with E-state index in [0.29, 0.717) is 6.54 Å². The molecule has 0 saturated carbocycles. The highest BCUT2D eigenvalue weighted by molar-refractivity contribution is 5.88. The SMILES string of the molecule is C=CCNC(=O)/C=C(\C)CCC. The Morgan fingerprint density at radius 3 is 2.75 bits per heavy atom. The van der Waals surface area contributed by atoms with E-state index in [9.17, 15) is 4.79 Å². The highest BCUT2D eigenvalue weighted by atomic mass is 16.1. The number of carbonyl (C=O) groups is 1. The average Bonchev–Trinajstić information content (AvgIpc) is 2.01. The van der Waals surface area contributed by atoms with Gasteiger partial charge in [0.25, 0.3) is 0 Å². The van der Waals surface area contributed by atoms with Crippen molar-refractivity contribution in [1.29, 1.82) is 0 Å². The monoisotopic (exact) mass is 167 g/mol. The van der Waals surface area contributed by atoms with Crippen molar-refractivity contribution in [2.45, 2.75) is 26.7 Å². The van der Waals surface area contributed by atoms with Crippen LogP contribution in [0.15, 0.2) is 24.3 Å². The maximum Gasteiger partial charge on any atom is 0.244 e. The summed E-state index contributed by atoms with van der Waals surface area (Å²) in [5.74, 6) is -0.0270. The summed E-state index contributed by atoms with van der Waals surface area (Å²) < 4.78 is 0. The van der Waals surface area contributed by atoms with Crippen molar-refractivity contribution in [3.63, 3.8) is 0 Å². The molecule has 0 saturated heterocycles. The molecule has 0 aliphatic rings. The average molecular weight is 167 g/mol. The Hall–Kier alpha value is -1.05. The third-order valence-electron chi connectivity index (χ3n) is 1.44. The van der Waals surface area contributed by atoms with Gasteiger partial charge in [-0.05, 0) is 13.3 Å². The van der Waals surface area contributed by atoms with Crippen LogP contribution in [-0.2, 0) is 4.79 Å². The maximum absolute atomic E-state index is 11.1. The molecule has 0 radical (unpaired) electrons. The molecular weight excluding hydrogens is 150 g/mol. The van der Waals surface area contributed by atoms with Gasteiger partial charge in [0.1, 0.15) is 0 Å². The van der Waals surface area contributed by atoms with Crippen LogP contribution >= 0.6 is 0 Å². The molecule has 1 N–H and O–H groups in total. The fourth-order valence-electron chi connectivity index (χ4n) is 0.914. The second-order valence-corrected chi connectivity index (χ2v) is 2.77. The number of rotatable bonds is 5. The summed E-state index contributed by atoms with van der Waals surface area (Å²) in [5, 5.41) is 2.69. The van der Waals surface area contributed by atoms with Crippen LogP contribution in [0.3, 0.4) is 0 Å². The zero-order chi connectivity index (χ0) is 9.40. The van der Waals surface area contributed by atoms with Gasteiger partial charge >= 0.3 is 0 Å². The Morgan fingerprint density at radius 2 is 2.25 bits per heavy atom. The van der Waals surface area contributed by atoms with Crippen LogP contribution in [0, 0.1) is 0 Å². The van der Waals surface area contributed by atoms with Gasteiger partial charge in [0.2, 0.25) is 5.91 Å². The molecule has 0 aliphatic carbocycles. The van der Waals surface area contributed by atoms with E-state index in [1.807, 2.05) is 6.92 Å². The topological polar surface area (TPSA) is 29.1 Å². The molecule has 0 aromatic carbocycles. The first kappa shape index (κ1) is 11.0. The lowest BCUT2D eigenvalue weighted by Crippen LogP contribution is -2.20. The predicted molar refractivity (Wildman–Crippen MR) is 51.9 cm³/mol. The van der Waals surface area contributed by atoms with Crippen LogP contribution < -0.4 is 5.32 Å². The number of hydrogen-bond donors (Lipinski definition) is 1. The first-order valence-electron chi connectivity index (χ1n) is 4.26. The highest BCUT2D eigenvalue weighted by Gasteiger charge is 1.94. The fraction of sp³-hybridized carbons (Fsp3) is 0.500. The van der Waals surface area contributed by atoms with Gasteiger partial charge in [-0.1, -0.05) is 25.0 Å². The molecule has 0 spiro atoms. The van der Waals surface area contributed by atoms with E-state index in [4.69, 9.17) is 0 Å². The molecule has 0 unspecified atom stereocenters. The maximum atomic E-state index is 11.1. The quantitative estimate of drug-likeness (QED) is 0.492. The number of carbonyl (C=O) groups excluding carboxylic acids is 1. The van der Waals surface area contributed by atoms with Crippen molar-refractivity contribution in [3.05, 3.63) is 24.3 Å². The van der Waals surface area contributed by atoms with Gasteiger partial charge in [-0.15, -0.1) is 6.58 Å². The van der Waals surface area contributed by atoms with Crippen molar-refractivity contribution in [2.75, 3.05) is 6.54 Å². The van der Waals surface area contributed by atoms with Crippen LogP contribution in [0.2, 0.25) is 0 Å². The highest BCUT2D eigenvalue weighted by Crippen LogP contribution is 2.01. The van der Waals surface area contributed by atoms with E-state index in [0.717, 1.165) is 18.4 Å². The molecule has 12 heavy (non-hydrogen) atoms. The van der Waals surface area contributed by atoms with Gasteiger partial charge in [0.15, 0.2) is 0 Å². The molecule has 0 rings (SSSR count). The van der Waals surface area contributed by atoms with E-state index in [2.05, 4.69) is 18.8 Å². The molecule has 0 aliphatic heterocycles.